The lowest BCUT2D eigenvalue weighted by atomic mass is 9.82. The largest absolute Gasteiger partial charge is 0.338 e. The Morgan fingerprint density at radius 1 is 1.09 bits per heavy atom. The van der Waals surface area contributed by atoms with E-state index in [1.54, 1.807) is 6.07 Å². The topological polar surface area (TPSA) is 41.1 Å². The third kappa shape index (κ3) is 7.37. The molecule has 0 aromatic heterocycles. The molecular formula is C17H26Cl2N2O. The maximum absolute atomic E-state index is 12.0. The molecule has 0 atom stereocenters. The average molecular weight is 345 g/mol. The zero-order valence-corrected chi connectivity index (χ0v) is 15.5. The predicted molar refractivity (Wildman–Crippen MR) is 94.9 cm³/mol. The summed E-state index contributed by atoms with van der Waals surface area (Å²) in [5, 5.41) is 6.98. The van der Waals surface area contributed by atoms with Crippen molar-refractivity contribution in [3.05, 3.63) is 33.8 Å². The van der Waals surface area contributed by atoms with Crippen molar-refractivity contribution in [1.29, 1.82) is 0 Å². The van der Waals surface area contributed by atoms with Gasteiger partial charge < -0.3 is 10.6 Å². The Bertz CT molecular complexity index is 522. The minimum Gasteiger partial charge on any atom is -0.338 e. The number of benzene rings is 1. The number of nitrogens with one attached hydrogen (secondary N) is 2. The van der Waals surface area contributed by atoms with Crippen LogP contribution in [0.3, 0.4) is 0 Å². The lowest BCUT2D eigenvalue weighted by molar-refractivity contribution is 0.210. The first kappa shape index (κ1) is 19.1. The van der Waals surface area contributed by atoms with E-state index >= 15 is 0 Å². The highest BCUT2D eigenvalue weighted by atomic mass is 35.5. The van der Waals surface area contributed by atoms with E-state index in [0.717, 1.165) is 12.0 Å². The van der Waals surface area contributed by atoms with Gasteiger partial charge in [-0.15, -0.1) is 0 Å². The molecule has 1 rings (SSSR count). The summed E-state index contributed by atoms with van der Waals surface area (Å²) in [5.74, 6) is 0. The molecule has 22 heavy (non-hydrogen) atoms. The van der Waals surface area contributed by atoms with Gasteiger partial charge >= 0.3 is 6.03 Å². The van der Waals surface area contributed by atoms with Gasteiger partial charge in [-0.3, -0.25) is 0 Å². The Morgan fingerprint density at radius 2 is 1.73 bits per heavy atom. The highest BCUT2D eigenvalue weighted by molar-refractivity contribution is 6.42. The highest BCUT2D eigenvalue weighted by Gasteiger charge is 2.26. The molecule has 124 valence electrons. The lowest BCUT2D eigenvalue weighted by Crippen LogP contribution is -2.50. The van der Waals surface area contributed by atoms with E-state index < -0.39 is 0 Å². The van der Waals surface area contributed by atoms with E-state index in [9.17, 15) is 4.79 Å². The Labute approximate surface area is 143 Å². The SMILES string of the molecule is CC(C)(C)CC(C)(C)NC(=O)NCCc1ccc(Cl)c(Cl)c1. The monoisotopic (exact) mass is 344 g/mol. The molecule has 0 heterocycles. The molecule has 2 amide bonds. The van der Waals surface area contributed by atoms with Gasteiger partial charge in [-0.2, -0.15) is 0 Å². The van der Waals surface area contributed by atoms with Crippen molar-refractivity contribution in [3.8, 4) is 0 Å². The number of halogens is 2. The van der Waals surface area contributed by atoms with Crippen LogP contribution in [0.5, 0.6) is 0 Å². The number of hydrogen-bond acceptors (Lipinski definition) is 1. The van der Waals surface area contributed by atoms with Crippen LogP contribution in [-0.2, 0) is 6.42 Å². The van der Waals surface area contributed by atoms with Gasteiger partial charge in [0, 0.05) is 12.1 Å². The van der Waals surface area contributed by atoms with Crippen molar-refractivity contribution in [1.82, 2.24) is 10.6 Å². The van der Waals surface area contributed by atoms with Crippen LogP contribution in [0.4, 0.5) is 4.79 Å². The fraction of sp³-hybridized carbons (Fsp3) is 0.588. The number of carbonyl (C=O) groups excluding carboxylic acids is 1. The molecule has 3 nitrogen and oxygen atoms in total. The highest BCUT2D eigenvalue weighted by Crippen LogP contribution is 2.26. The molecule has 0 aliphatic heterocycles. The molecule has 0 bridgehead atoms. The van der Waals surface area contributed by atoms with Gasteiger partial charge in [0.05, 0.1) is 10.0 Å². The number of hydrogen-bond donors (Lipinski definition) is 2. The molecule has 0 aliphatic carbocycles. The molecule has 0 radical (unpaired) electrons. The van der Waals surface area contributed by atoms with E-state index in [2.05, 4.69) is 31.4 Å². The second kappa shape index (κ2) is 7.56. The van der Waals surface area contributed by atoms with Crippen LogP contribution in [0, 0.1) is 5.41 Å². The molecule has 0 fully saturated rings. The first-order valence-electron chi connectivity index (χ1n) is 7.48. The zero-order valence-electron chi connectivity index (χ0n) is 14.0. The van der Waals surface area contributed by atoms with Gasteiger partial charge in [-0.1, -0.05) is 50.0 Å². The third-order valence-electron chi connectivity index (χ3n) is 3.11. The van der Waals surface area contributed by atoms with Crippen LogP contribution in [0.15, 0.2) is 18.2 Å². The van der Waals surface area contributed by atoms with Gasteiger partial charge in [0.25, 0.3) is 0 Å². The van der Waals surface area contributed by atoms with Crippen molar-refractivity contribution in [3.63, 3.8) is 0 Å². The fourth-order valence-electron chi connectivity index (χ4n) is 2.74. The molecule has 0 aliphatic rings. The van der Waals surface area contributed by atoms with E-state index in [1.165, 1.54) is 0 Å². The summed E-state index contributed by atoms with van der Waals surface area (Å²) in [4.78, 5) is 12.0. The Balaban J connectivity index is 2.41. The van der Waals surface area contributed by atoms with E-state index in [4.69, 9.17) is 23.2 Å². The molecule has 0 saturated carbocycles. The minimum atomic E-state index is -0.244. The predicted octanol–water partition coefficient (Wildman–Crippen LogP) is 5.05. The zero-order chi connectivity index (χ0) is 17.0. The van der Waals surface area contributed by atoms with Crippen molar-refractivity contribution in [2.45, 2.75) is 53.0 Å². The maximum atomic E-state index is 12.0. The number of urea groups is 1. The number of amides is 2. The van der Waals surface area contributed by atoms with Crippen molar-refractivity contribution in [2.24, 2.45) is 5.41 Å². The average Bonchev–Trinajstić information content (AvgIpc) is 2.29. The molecular weight excluding hydrogens is 319 g/mol. The van der Waals surface area contributed by atoms with Crippen LogP contribution in [0.25, 0.3) is 0 Å². The van der Waals surface area contributed by atoms with E-state index in [-0.39, 0.29) is 17.0 Å². The first-order valence-corrected chi connectivity index (χ1v) is 8.24. The van der Waals surface area contributed by atoms with Crippen LogP contribution in [0.2, 0.25) is 10.0 Å². The van der Waals surface area contributed by atoms with Crippen LogP contribution in [-0.4, -0.2) is 18.1 Å². The van der Waals surface area contributed by atoms with Crippen LogP contribution in [0.1, 0.15) is 46.6 Å². The Kier molecular flexibility index (Phi) is 6.57. The van der Waals surface area contributed by atoms with Gasteiger partial charge in [0.1, 0.15) is 0 Å². The second-order valence-electron chi connectivity index (χ2n) is 7.50. The molecule has 1 aromatic carbocycles. The van der Waals surface area contributed by atoms with Gasteiger partial charge in [0.15, 0.2) is 0 Å². The van der Waals surface area contributed by atoms with Gasteiger partial charge in [-0.05, 0) is 49.8 Å². The molecule has 0 saturated heterocycles. The molecule has 0 spiro atoms. The van der Waals surface area contributed by atoms with Crippen molar-refractivity contribution >= 4 is 29.2 Å². The molecule has 1 aromatic rings. The molecule has 0 unspecified atom stereocenters. The number of rotatable bonds is 5. The van der Waals surface area contributed by atoms with Crippen LogP contribution < -0.4 is 10.6 Å². The summed E-state index contributed by atoms with van der Waals surface area (Å²) in [5.41, 5.74) is 0.964. The summed E-state index contributed by atoms with van der Waals surface area (Å²) in [6, 6.07) is 5.37. The third-order valence-corrected chi connectivity index (χ3v) is 3.85. The fourth-order valence-corrected chi connectivity index (χ4v) is 3.06. The summed E-state index contributed by atoms with van der Waals surface area (Å²) < 4.78 is 0. The minimum absolute atomic E-state index is 0.144. The normalized spacial score (nSPS) is 12.1. The Morgan fingerprint density at radius 3 is 2.27 bits per heavy atom. The Hall–Kier alpha value is -0.930. The molecule has 2 N–H and O–H groups in total. The summed E-state index contributed by atoms with van der Waals surface area (Å²) in [6.07, 6.45) is 1.62. The van der Waals surface area contributed by atoms with Crippen molar-refractivity contribution in [2.75, 3.05) is 6.54 Å². The smallest absolute Gasteiger partial charge is 0.315 e. The van der Waals surface area contributed by atoms with Gasteiger partial charge in [-0.25, -0.2) is 4.79 Å². The quantitative estimate of drug-likeness (QED) is 0.770. The van der Waals surface area contributed by atoms with E-state index in [0.29, 0.717) is 23.0 Å². The standard InChI is InChI=1S/C17H26Cl2N2O/c1-16(2,3)11-17(4,5)21-15(22)20-9-8-12-6-7-13(18)14(19)10-12/h6-7,10H,8-9,11H2,1-5H3,(H2,20,21,22). The second-order valence-corrected chi connectivity index (χ2v) is 8.32. The summed E-state index contributed by atoms with van der Waals surface area (Å²) in [6.45, 7) is 11.1. The maximum Gasteiger partial charge on any atom is 0.315 e. The lowest BCUT2D eigenvalue weighted by Gasteiger charge is -2.33. The number of carbonyl (C=O) groups is 1. The van der Waals surface area contributed by atoms with Gasteiger partial charge in [0.2, 0.25) is 0 Å². The summed E-state index contributed by atoms with van der Waals surface area (Å²) in [7, 11) is 0. The summed E-state index contributed by atoms with van der Waals surface area (Å²) >= 11 is 11.9. The first-order chi connectivity index (χ1) is 9.98. The van der Waals surface area contributed by atoms with Crippen LogP contribution >= 0.6 is 23.2 Å². The van der Waals surface area contributed by atoms with E-state index in [1.807, 2.05) is 26.0 Å². The molecule has 5 heteroatoms. The van der Waals surface area contributed by atoms with Crippen molar-refractivity contribution < 1.29 is 4.79 Å².